The number of sulfonamides is 1. The van der Waals surface area contributed by atoms with E-state index < -0.39 is 10.0 Å². The number of benzene rings is 1. The summed E-state index contributed by atoms with van der Waals surface area (Å²) in [4.78, 5) is 12.6. The number of hydrogen-bond acceptors (Lipinski definition) is 5. The first kappa shape index (κ1) is 14.9. The minimum absolute atomic E-state index is 0.109. The Hall–Kier alpha value is -1.51. The first-order valence-electron chi connectivity index (χ1n) is 6.27. The number of nitrogens with zero attached hydrogens (tertiary/aromatic N) is 3. The molecular formula is C12H17N3O4S. The Kier molecular flexibility index (Phi) is 4.36. The van der Waals surface area contributed by atoms with Crippen LogP contribution in [0.1, 0.15) is 5.56 Å². The SMILES string of the molecule is CS(=O)(=O)N1CCN(Cc2ccccc2[N+](=O)[O-])CC1. The average Bonchev–Trinajstić information content (AvgIpc) is 2.38. The number of nitro groups is 1. The van der Waals surface area contributed by atoms with Gasteiger partial charge in [0.1, 0.15) is 0 Å². The number of nitro benzene ring substituents is 1. The number of hydrogen-bond donors (Lipinski definition) is 0. The zero-order valence-electron chi connectivity index (χ0n) is 11.2. The van der Waals surface area contributed by atoms with E-state index in [0.29, 0.717) is 38.3 Å². The maximum Gasteiger partial charge on any atom is 0.273 e. The molecular weight excluding hydrogens is 282 g/mol. The largest absolute Gasteiger partial charge is 0.296 e. The van der Waals surface area contributed by atoms with Gasteiger partial charge in [0.15, 0.2) is 0 Å². The van der Waals surface area contributed by atoms with Crippen molar-refractivity contribution in [2.24, 2.45) is 0 Å². The van der Waals surface area contributed by atoms with Crippen LogP contribution >= 0.6 is 0 Å². The van der Waals surface area contributed by atoms with Crippen molar-refractivity contribution >= 4 is 15.7 Å². The molecule has 20 heavy (non-hydrogen) atoms. The van der Waals surface area contributed by atoms with E-state index in [-0.39, 0.29) is 10.6 Å². The quantitative estimate of drug-likeness (QED) is 0.603. The number of piperazine rings is 1. The molecule has 0 N–H and O–H groups in total. The molecule has 0 aliphatic carbocycles. The molecule has 8 heteroatoms. The molecule has 0 saturated carbocycles. The maximum absolute atomic E-state index is 11.4. The molecule has 1 saturated heterocycles. The van der Waals surface area contributed by atoms with Crippen molar-refractivity contribution in [2.75, 3.05) is 32.4 Å². The third-order valence-electron chi connectivity index (χ3n) is 3.38. The monoisotopic (exact) mass is 299 g/mol. The fourth-order valence-electron chi connectivity index (χ4n) is 2.28. The van der Waals surface area contributed by atoms with Gasteiger partial charge in [-0.25, -0.2) is 8.42 Å². The second kappa shape index (κ2) is 5.86. The summed E-state index contributed by atoms with van der Waals surface area (Å²) in [6, 6.07) is 6.64. The van der Waals surface area contributed by atoms with E-state index in [9.17, 15) is 18.5 Å². The number of rotatable bonds is 4. The van der Waals surface area contributed by atoms with Crippen LogP contribution in [0.15, 0.2) is 24.3 Å². The third-order valence-corrected chi connectivity index (χ3v) is 4.69. The summed E-state index contributed by atoms with van der Waals surface area (Å²) in [6.45, 7) is 2.49. The van der Waals surface area contributed by atoms with Crippen molar-refractivity contribution in [3.05, 3.63) is 39.9 Å². The standard InChI is InChI=1S/C12H17N3O4S/c1-20(18,19)14-8-6-13(7-9-14)10-11-4-2-3-5-12(11)15(16)17/h2-5H,6-10H2,1H3. The fourth-order valence-corrected chi connectivity index (χ4v) is 3.11. The molecule has 1 aromatic rings. The molecule has 0 unspecified atom stereocenters. The molecule has 0 spiro atoms. The van der Waals surface area contributed by atoms with Gasteiger partial charge in [-0.05, 0) is 0 Å². The predicted molar refractivity (Wildman–Crippen MR) is 74.8 cm³/mol. The minimum Gasteiger partial charge on any atom is -0.296 e. The lowest BCUT2D eigenvalue weighted by Gasteiger charge is -2.33. The van der Waals surface area contributed by atoms with Crippen LogP contribution in [0.25, 0.3) is 0 Å². The van der Waals surface area contributed by atoms with Crippen LogP contribution in [0.3, 0.4) is 0 Å². The summed E-state index contributed by atoms with van der Waals surface area (Å²) in [7, 11) is -3.15. The van der Waals surface area contributed by atoms with Crippen LogP contribution in [-0.4, -0.2) is 55.0 Å². The predicted octanol–water partition coefficient (Wildman–Crippen LogP) is 0.672. The Bertz CT molecular complexity index is 594. The number of para-hydroxylation sites is 1. The van der Waals surface area contributed by atoms with Crippen LogP contribution in [-0.2, 0) is 16.6 Å². The highest BCUT2D eigenvalue weighted by Gasteiger charge is 2.24. The molecule has 0 amide bonds. The normalized spacial score (nSPS) is 18.1. The van der Waals surface area contributed by atoms with Crippen molar-refractivity contribution in [3.63, 3.8) is 0 Å². The van der Waals surface area contributed by atoms with Crippen LogP contribution in [0.4, 0.5) is 5.69 Å². The smallest absolute Gasteiger partial charge is 0.273 e. The van der Waals surface area contributed by atoms with Crippen LogP contribution in [0.5, 0.6) is 0 Å². The van der Waals surface area contributed by atoms with Gasteiger partial charge in [-0.3, -0.25) is 15.0 Å². The Labute approximate surface area is 118 Å². The Balaban J connectivity index is 2.02. The molecule has 110 valence electrons. The molecule has 2 rings (SSSR count). The van der Waals surface area contributed by atoms with E-state index in [0.717, 1.165) is 0 Å². The summed E-state index contributed by atoms with van der Waals surface area (Å²) in [5.74, 6) is 0. The third kappa shape index (κ3) is 3.53. The summed E-state index contributed by atoms with van der Waals surface area (Å²) in [5.41, 5.74) is 0.767. The van der Waals surface area contributed by atoms with Crippen molar-refractivity contribution in [1.29, 1.82) is 0 Å². The van der Waals surface area contributed by atoms with Crippen LogP contribution in [0, 0.1) is 10.1 Å². The highest BCUT2D eigenvalue weighted by Crippen LogP contribution is 2.20. The van der Waals surface area contributed by atoms with E-state index in [1.807, 2.05) is 4.90 Å². The van der Waals surface area contributed by atoms with Gasteiger partial charge in [0.05, 0.1) is 11.2 Å². The van der Waals surface area contributed by atoms with Crippen molar-refractivity contribution < 1.29 is 13.3 Å². The van der Waals surface area contributed by atoms with Gasteiger partial charge < -0.3 is 0 Å². The van der Waals surface area contributed by atoms with E-state index in [2.05, 4.69) is 0 Å². The van der Waals surface area contributed by atoms with Gasteiger partial charge in [0.2, 0.25) is 10.0 Å². The molecule has 1 heterocycles. The zero-order chi connectivity index (χ0) is 14.8. The Morgan fingerprint density at radius 2 is 1.80 bits per heavy atom. The molecule has 1 aliphatic heterocycles. The van der Waals surface area contributed by atoms with E-state index in [4.69, 9.17) is 0 Å². The maximum atomic E-state index is 11.4. The highest BCUT2D eigenvalue weighted by molar-refractivity contribution is 7.88. The molecule has 1 aromatic carbocycles. The first-order chi connectivity index (χ1) is 9.38. The summed E-state index contributed by atoms with van der Waals surface area (Å²) in [5, 5.41) is 10.9. The van der Waals surface area contributed by atoms with Gasteiger partial charge in [-0.1, -0.05) is 18.2 Å². The van der Waals surface area contributed by atoms with Crippen molar-refractivity contribution in [1.82, 2.24) is 9.21 Å². The summed E-state index contributed by atoms with van der Waals surface area (Å²) in [6.07, 6.45) is 1.20. The minimum atomic E-state index is -3.15. The lowest BCUT2D eigenvalue weighted by Crippen LogP contribution is -2.47. The molecule has 7 nitrogen and oxygen atoms in total. The lowest BCUT2D eigenvalue weighted by molar-refractivity contribution is -0.385. The highest BCUT2D eigenvalue weighted by atomic mass is 32.2. The molecule has 0 atom stereocenters. The van der Waals surface area contributed by atoms with E-state index in [1.165, 1.54) is 16.6 Å². The van der Waals surface area contributed by atoms with E-state index in [1.54, 1.807) is 18.2 Å². The summed E-state index contributed by atoms with van der Waals surface area (Å²) < 4.78 is 24.3. The fraction of sp³-hybridized carbons (Fsp3) is 0.500. The summed E-state index contributed by atoms with van der Waals surface area (Å²) >= 11 is 0. The van der Waals surface area contributed by atoms with Crippen molar-refractivity contribution in [2.45, 2.75) is 6.54 Å². The van der Waals surface area contributed by atoms with Gasteiger partial charge >= 0.3 is 0 Å². The zero-order valence-corrected chi connectivity index (χ0v) is 12.0. The Morgan fingerprint density at radius 3 is 2.35 bits per heavy atom. The van der Waals surface area contributed by atoms with Crippen LogP contribution in [0.2, 0.25) is 0 Å². The van der Waals surface area contributed by atoms with Gasteiger partial charge in [-0.15, -0.1) is 0 Å². The average molecular weight is 299 g/mol. The molecule has 0 aromatic heterocycles. The Morgan fingerprint density at radius 1 is 1.20 bits per heavy atom. The van der Waals surface area contributed by atoms with Gasteiger partial charge in [0.25, 0.3) is 5.69 Å². The lowest BCUT2D eigenvalue weighted by atomic mass is 10.1. The van der Waals surface area contributed by atoms with Gasteiger partial charge in [0, 0.05) is 44.4 Å². The molecule has 0 radical (unpaired) electrons. The van der Waals surface area contributed by atoms with Crippen molar-refractivity contribution in [3.8, 4) is 0 Å². The molecule has 1 fully saturated rings. The topological polar surface area (TPSA) is 83.8 Å². The molecule has 1 aliphatic rings. The first-order valence-corrected chi connectivity index (χ1v) is 8.12. The van der Waals surface area contributed by atoms with Gasteiger partial charge in [-0.2, -0.15) is 4.31 Å². The van der Waals surface area contributed by atoms with E-state index >= 15 is 0 Å². The second-order valence-corrected chi connectivity index (χ2v) is 6.81. The van der Waals surface area contributed by atoms with Crippen LogP contribution < -0.4 is 0 Å². The molecule has 0 bridgehead atoms. The second-order valence-electron chi connectivity index (χ2n) is 4.82.